The van der Waals surface area contributed by atoms with E-state index in [2.05, 4.69) is 15.5 Å². The molecule has 4 rings (SSSR count). The Labute approximate surface area is 219 Å². The number of hydrogen-bond donors (Lipinski definition) is 1. The number of rotatable bonds is 8. The highest BCUT2D eigenvalue weighted by Gasteiger charge is 2.25. The Morgan fingerprint density at radius 3 is 2.67 bits per heavy atom. The third-order valence-corrected chi connectivity index (χ3v) is 8.12. The van der Waals surface area contributed by atoms with E-state index < -0.39 is 33.9 Å². The summed E-state index contributed by atoms with van der Waals surface area (Å²) in [6.07, 6.45) is 6.28. The fraction of sp³-hybridized carbons (Fsp3) is 0.375. The molecule has 0 radical (unpaired) electrons. The Morgan fingerprint density at radius 1 is 1.19 bits per heavy atom. The zero-order chi connectivity index (χ0) is 26.0. The molecule has 0 unspecified atom stereocenters. The molecule has 12 heteroatoms. The second-order valence-electron chi connectivity index (χ2n) is 8.93. The zero-order valence-corrected chi connectivity index (χ0v) is 22.2. The number of benzene rings is 1. The standard InChI is InChI=1S/C24H26Cl2FN5O3S/c1-15(2)31-13-19(10-30-31)36(34,35)14-23(33)28-11-22(27)20-5-3-4-16-9-29-32(24(16)20)12-17-6-7-18(25)8-21(17)26/h6-10,13,15H,3-5,11-12,14H2,1-2H3,(H,28,33)/b22-20-. The Bertz CT molecular complexity index is 1430. The van der Waals surface area contributed by atoms with Gasteiger partial charge in [0.25, 0.3) is 0 Å². The van der Waals surface area contributed by atoms with E-state index in [1.165, 1.54) is 17.1 Å². The zero-order valence-electron chi connectivity index (χ0n) is 19.8. The van der Waals surface area contributed by atoms with Crippen LogP contribution in [0.3, 0.4) is 0 Å². The molecule has 0 aliphatic heterocycles. The van der Waals surface area contributed by atoms with E-state index in [9.17, 15) is 13.2 Å². The summed E-state index contributed by atoms with van der Waals surface area (Å²) < 4.78 is 43.6. The minimum atomic E-state index is -3.90. The van der Waals surface area contributed by atoms with Crippen LogP contribution in [0.1, 0.15) is 49.6 Å². The van der Waals surface area contributed by atoms with Gasteiger partial charge >= 0.3 is 0 Å². The normalized spacial score (nSPS) is 15.2. The lowest BCUT2D eigenvalue weighted by Gasteiger charge is -2.19. The van der Waals surface area contributed by atoms with Gasteiger partial charge in [0.2, 0.25) is 5.91 Å². The average Bonchev–Trinajstić information content (AvgIpc) is 3.47. The number of hydrogen-bond acceptors (Lipinski definition) is 5. The molecule has 2 aromatic heterocycles. The minimum absolute atomic E-state index is 0.0203. The maximum absolute atomic E-state index is 15.3. The third-order valence-electron chi connectivity index (χ3n) is 5.96. The summed E-state index contributed by atoms with van der Waals surface area (Å²) >= 11 is 12.3. The molecule has 1 N–H and O–H groups in total. The first-order chi connectivity index (χ1) is 17.0. The monoisotopic (exact) mass is 553 g/mol. The molecule has 3 aromatic rings. The molecule has 1 aromatic carbocycles. The number of carbonyl (C=O) groups excluding carboxylic acids is 1. The largest absolute Gasteiger partial charge is 0.349 e. The van der Waals surface area contributed by atoms with Crippen LogP contribution in [0.15, 0.2) is 47.5 Å². The summed E-state index contributed by atoms with van der Waals surface area (Å²) in [7, 11) is -3.90. The summed E-state index contributed by atoms with van der Waals surface area (Å²) in [4.78, 5) is 12.3. The number of nitrogens with zero attached hydrogens (tertiary/aromatic N) is 4. The van der Waals surface area contributed by atoms with Gasteiger partial charge in [-0.3, -0.25) is 14.2 Å². The van der Waals surface area contributed by atoms with Crippen molar-refractivity contribution in [3.8, 4) is 0 Å². The van der Waals surface area contributed by atoms with Gasteiger partial charge in [-0.05, 0) is 56.4 Å². The maximum Gasteiger partial charge on any atom is 0.235 e. The maximum atomic E-state index is 15.3. The number of sulfone groups is 1. The number of aromatic nitrogens is 4. The molecule has 0 bridgehead atoms. The van der Waals surface area contributed by atoms with E-state index in [4.69, 9.17) is 23.2 Å². The lowest BCUT2D eigenvalue weighted by Crippen LogP contribution is -2.31. The van der Waals surface area contributed by atoms with Gasteiger partial charge in [0.05, 0.1) is 31.2 Å². The van der Waals surface area contributed by atoms with Crippen molar-refractivity contribution in [2.75, 3.05) is 12.3 Å². The number of fused-ring (bicyclic) bond motifs is 1. The van der Waals surface area contributed by atoms with Crippen LogP contribution in [0.25, 0.3) is 5.57 Å². The summed E-state index contributed by atoms with van der Waals surface area (Å²) in [5, 5.41) is 11.8. The molecule has 2 heterocycles. The number of allylic oxidation sites excluding steroid dienone is 1. The first-order valence-electron chi connectivity index (χ1n) is 11.4. The summed E-state index contributed by atoms with van der Waals surface area (Å²) in [6, 6.07) is 5.15. The fourth-order valence-electron chi connectivity index (χ4n) is 4.08. The lowest BCUT2D eigenvalue weighted by atomic mass is 9.92. The predicted octanol–water partition coefficient (Wildman–Crippen LogP) is 4.62. The van der Waals surface area contributed by atoms with Gasteiger partial charge in [-0.25, -0.2) is 12.8 Å². The van der Waals surface area contributed by atoms with Crippen LogP contribution < -0.4 is 5.32 Å². The van der Waals surface area contributed by atoms with E-state index >= 15 is 4.39 Å². The molecule has 1 amide bonds. The first kappa shape index (κ1) is 26.4. The van der Waals surface area contributed by atoms with Crippen LogP contribution in [-0.2, 0) is 27.6 Å². The van der Waals surface area contributed by atoms with Gasteiger partial charge in [-0.1, -0.05) is 29.3 Å². The van der Waals surface area contributed by atoms with Crippen molar-refractivity contribution in [1.82, 2.24) is 24.9 Å². The molecule has 0 fully saturated rings. The Morgan fingerprint density at radius 2 is 1.97 bits per heavy atom. The second-order valence-corrected chi connectivity index (χ2v) is 11.8. The lowest BCUT2D eigenvalue weighted by molar-refractivity contribution is -0.118. The third kappa shape index (κ3) is 5.82. The molecular weight excluding hydrogens is 528 g/mol. The van der Waals surface area contributed by atoms with Crippen molar-refractivity contribution in [3.05, 3.63) is 69.5 Å². The van der Waals surface area contributed by atoms with Crippen molar-refractivity contribution in [1.29, 1.82) is 0 Å². The Balaban J connectivity index is 1.48. The summed E-state index contributed by atoms with van der Waals surface area (Å²) in [6.45, 7) is 3.64. The number of amides is 1. The van der Waals surface area contributed by atoms with Crippen LogP contribution in [0, 0.1) is 0 Å². The van der Waals surface area contributed by atoms with Gasteiger partial charge in [-0.2, -0.15) is 10.2 Å². The molecule has 0 saturated heterocycles. The molecular formula is C24H26Cl2FN5O3S. The Hall–Kier alpha value is -2.69. The quantitative estimate of drug-likeness (QED) is 0.438. The van der Waals surface area contributed by atoms with Gasteiger partial charge < -0.3 is 5.32 Å². The highest BCUT2D eigenvalue weighted by Crippen LogP contribution is 2.34. The molecule has 0 saturated carbocycles. The van der Waals surface area contributed by atoms with E-state index in [1.54, 1.807) is 29.1 Å². The van der Waals surface area contributed by atoms with Crippen molar-refractivity contribution in [2.45, 2.75) is 50.6 Å². The molecule has 192 valence electrons. The van der Waals surface area contributed by atoms with Gasteiger partial charge in [0.15, 0.2) is 9.84 Å². The summed E-state index contributed by atoms with van der Waals surface area (Å²) in [5.41, 5.74) is 2.80. The minimum Gasteiger partial charge on any atom is -0.349 e. The van der Waals surface area contributed by atoms with Crippen molar-refractivity contribution >= 4 is 44.5 Å². The average molecular weight is 554 g/mol. The smallest absolute Gasteiger partial charge is 0.235 e. The number of aryl methyl sites for hydroxylation is 1. The number of carbonyl (C=O) groups is 1. The predicted molar refractivity (Wildman–Crippen MR) is 136 cm³/mol. The van der Waals surface area contributed by atoms with Gasteiger partial charge in [0, 0.05) is 27.9 Å². The van der Waals surface area contributed by atoms with E-state index in [1.807, 2.05) is 13.8 Å². The SMILES string of the molecule is CC(C)n1cc(S(=O)(=O)CC(=O)NC/C(F)=C2\CCCc3cnn(Cc4ccc(Cl)cc4Cl)c32)cn1. The highest BCUT2D eigenvalue weighted by atomic mass is 35.5. The van der Waals surface area contributed by atoms with Crippen LogP contribution in [0.4, 0.5) is 4.39 Å². The summed E-state index contributed by atoms with van der Waals surface area (Å²) in [5.74, 6) is -2.11. The molecule has 1 aliphatic carbocycles. The van der Waals surface area contributed by atoms with Crippen molar-refractivity contribution < 1.29 is 17.6 Å². The molecule has 0 spiro atoms. The van der Waals surface area contributed by atoms with E-state index in [0.717, 1.165) is 24.0 Å². The molecule has 0 atom stereocenters. The van der Waals surface area contributed by atoms with Crippen LogP contribution in [-0.4, -0.2) is 46.2 Å². The van der Waals surface area contributed by atoms with E-state index in [-0.39, 0.29) is 10.9 Å². The van der Waals surface area contributed by atoms with Crippen LogP contribution >= 0.6 is 23.2 Å². The number of halogens is 3. The molecule has 8 nitrogen and oxygen atoms in total. The van der Waals surface area contributed by atoms with Gasteiger partial charge in [0.1, 0.15) is 16.5 Å². The topological polar surface area (TPSA) is 98.9 Å². The van der Waals surface area contributed by atoms with Gasteiger partial charge in [-0.15, -0.1) is 0 Å². The van der Waals surface area contributed by atoms with Crippen molar-refractivity contribution in [3.63, 3.8) is 0 Å². The molecule has 1 aliphatic rings. The van der Waals surface area contributed by atoms with Crippen LogP contribution in [0.5, 0.6) is 0 Å². The van der Waals surface area contributed by atoms with E-state index in [0.29, 0.717) is 34.3 Å². The van der Waals surface area contributed by atoms with Crippen molar-refractivity contribution in [2.24, 2.45) is 0 Å². The number of nitrogens with one attached hydrogen (secondary N) is 1. The highest BCUT2D eigenvalue weighted by molar-refractivity contribution is 7.92. The second kappa shape index (κ2) is 10.7. The first-order valence-corrected chi connectivity index (χ1v) is 13.9. The Kier molecular flexibility index (Phi) is 7.87. The van der Waals surface area contributed by atoms with Crippen LogP contribution in [0.2, 0.25) is 10.0 Å². The molecule has 36 heavy (non-hydrogen) atoms. The fourth-order valence-corrected chi connectivity index (χ4v) is 5.64.